The highest BCUT2D eigenvalue weighted by Gasteiger charge is 2.06. The van der Waals surface area contributed by atoms with Crippen molar-refractivity contribution in [3.63, 3.8) is 0 Å². The van der Waals surface area contributed by atoms with Crippen LogP contribution in [0.5, 0.6) is 0 Å². The summed E-state index contributed by atoms with van der Waals surface area (Å²) in [6.45, 7) is 6.57. The Labute approximate surface area is 102 Å². The summed E-state index contributed by atoms with van der Waals surface area (Å²) in [5.41, 5.74) is 0. The topological polar surface area (TPSA) is 17.1 Å². The van der Waals surface area contributed by atoms with Gasteiger partial charge in [-0.1, -0.05) is 65.7 Å². The first-order chi connectivity index (χ1) is 7.70. The Balaban J connectivity index is 3.21. The standard InChI is InChI=1S/C15H30O/c1-4-6-7-8-9-10-11-12-15(16)13-14(3)5-2/h14H,4-13H2,1-3H3. The highest BCUT2D eigenvalue weighted by atomic mass is 16.1. The molecule has 0 bridgehead atoms. The molecule has 1 heteroatoms. The lowest BCUT2D eigenvalue weighted by Gasteiger charge is -2.06. The van der Waals surface area contributed by atoms with Gasteiger partial charge in [-0.2, -0.15) is 0 Å². The van der Waals surface area contributed by atoms with Crippen molar-refractivity contribution in [1.82, 2.24) is 0 Å². The fourth-order valence-electron chi connectivity index (χ4n) is 1.91. The van der Waals surface area contributed by atoms with E-state index < -0.39 is 0 Å². The molecule has 0 aliphatic rings. The Bertz CT molecular complexity index is 163. The molecule has 0 aliphatic carbocycles. The minimum atomic E-state index is 0.475. The molecule has 1 nitrogen and oxygen atoms in total. The molecule has 16 heavy (non-hydrogen) atoms. The van der Waals surface area contributed by atoms with E-state index in [0.717, 1.165) is 25.7 Å². The number of hydrogen-bond donors (Lipinski definition) is 0. The summed E-state index contributed by atoms with van der Waals surface area (Å²) < 4.78 is 0. The Morgan fingerprint density at radius 2 is 1.50 bits per heavy atom. The van der Waals surface area contributed by atoms with Crippen LogP contribution in [0.1, 0.15) is 85.0 Å². The van der Waals surface area contributed by atoms with Crippen LogP contribution >= 0.6 is 0 Å². The second-order valence-electron chi connectivity index (χ2n) is 5.13. The second kappa shape index (κ2) is 11.2. The van der Waals surface area contributed by atoms with E-state index in [-0.39, 0.29) is 0 Å². The van der Waals surface area contributed by atoms with Crippen LogP contribution in [-0.2, 0) is 4.79 Å². The molecule has 0 aromatic carbocycles. The largest absolute Gasteiger partial charge is 0.300 e. The molecule has 96 valence electrons. The van der Waals surface area contributed by atoms with Crippen LogP contribution in [0.15, 0.2) is 0 Å². The summed E-state index contributed by atoms with van der Waals surface area (Å²) >= 11 is 0. The van der Waals surface area contributed by atoms with E-state index in [2.05, 4.69) is 20.8 Å². The number of carbonyl (C=O) groups is 1. The summed E-state index contributed by atoms with van der Waals surface area (Å²) in [4.78, 5) is 11.5. The zero-order valence-corrected chi connectivity index (χ0v) is 11.6. The van der Waals surface area contributed by atoms with E-state index in [4.69, 9.17) is 0 Å². The zero-order chi connectivity index (χ0) is 12.2. The normalized spacial score (nSPS) is 12.7. The smallest absolute Gasteiger partial charge is 0.133 e. The zero-order valence-electron chi connectivity index (χ0n) is 11.6. The minimum Gasteiger partial charge on any atom is -0.300 e. The Kier molecular flexibility index (Phi) is 10.9. The maximum absolute atomic E-state index is 11.5. The monoisotopic (exact) mass is 226 g/mol. The Morgan fingerprint density at radius 3 is 2.06 bits per heavy atom. The van der Waals surface area contributed by atoms with Gasteiger partial charge in [-0.15, -0.1) is 0 Å². The van der Waals surface area contributed by atoms with Gasteiger partial charge in [-0.25, -0.2) is 0 Å². The SMILES string of the molecule is CCCCCCCCCC(=O)CC(C)CC. The minimum absolute atomic E-state index is 0.475. The molecule has 0 radical (unpaired) electrons. The molecule has 0 saturated carbocycles. The summed E-state index contributed by atoms with van der Waals surface area (Å²) in [6, 6.07) is 0. The van der Waals surface area contributed by atoms with Crippen molar-refractivity contribution in [2.75, 3.05) is 0 Å². The van der Waals surface area contributed by atoms with Crippen molar-refractivity contribution >= 4 is 5.78 Å². The Morgan fingerprint density at radius 1 is 0.938 bits per heavy atom. The van der Waals surface area contributed by atoms with E-state index in [1.165, 1.54) is 38.5 Å². The second-order valence-corrected chi connectivity index (χ2v) is 5.13. The predicted octanol–water partition coefficient (Wildman–Crippen LogP) is 5.13. The van der Waals surface area contributed by atoms with E-state index in [1.807, 2.05) is 0 Å². The van der Waals surface area contributed by atoms with Crippen molar-refractivity contribution in [3.8, 4) is 0 Å². The van der Waals surface area contributed by atoms with Gasteiger partial charge in [-0.3, -0.25) is 4.79 Å². The lowest BCUT2D eigenvalue weighted by Crippen LogP contribution is -2.04. The molecular weight excluding hydrogens is 196 g/mol. The summed E-state index contributed by atoms with van der Waals surface area (Å²) in [6.07, 6.45) is 11.8. The molecule has 1 unspecified atom stereocenters. The van der Waals surface area contributed by atoms with Gasteiger partial charge in [0.05, 0.1) is 0 Å². The van der Waals surface area contributed by atoms with Crippen molar-refractivity contribution < 1.29 is 4.79 Å². The fourth-order valence-corrected chi connectivity index (χ4v) is 1.91. The van der Waals surface area contributed by atoms with Crippen LogP contribution in [0.2, 0.25) is 0 Å². The average Bonchev–Trinajstić information content (AvgIpc) is 2.27. The highest BCUT2D eigenvalue weighted by Crippen LogP contribution is 2.12. The highest BCUT2D eigenvalue weighted by molar-refractivity contribution is 5.78. The molecule has 0 fully saturated rings. The molecule has 0 N–H and O–H groups in total. The maximum atomic E-state index is 11.5. The van der Waals surface area contributed by atoms with Crippen LogP contribution in [0.3, 0.4) is 0 Å². The van der Waals surface area contributed by atoms with Gasteiger partial charge in [-0.05, 0) is 12.3 Å². The molecule has 0 heterocycles. The fraction of sp³-hybridized carbons (Fsp3) is 0.933. The summed E-state index contributed by atoms with van der Waals surface area (Å²) in [5.74, 6) is 1.06. The maximum Gasteiger partial charge on any atom is 0.133 e. The third-order valence-corrected chi connectivity index (χ3v) is 3.33. The molecular formula is C15H30O. The van der Waals surface area contributed by atoms with Crippen LogP contribution in [-0.4, -0.2) is 5.78 Å². The van der Waals surface area contributed by atoms with Crippen molar-refractivity contribution in [1.29, 1.82) is 0 Å². The van der Waals surface area contributed by atoms with Gasteiger partial charge in [0.25, 0.3) is 0 Å². The number of ketones is 1. The molecule has 0 aliphatic heterocycles. The van der Waals surface area contributed by atoms with E-state index in [9.17, 15) is 4.79 Å². The van der Waals surface area contributed by atoms with E-state index in [1.54, 1.807) is 0 Å². The van der Waals surface area contributed by atoms with Crippen LogP contribution in [0, 0.1) is 5.92 Å². The lowest BCUT2D eigenvalue weighted by atomic mass is 9.98. The average molecular weight is 226 g/mol. The van der Waals surface area contributed by atoms with Gasteiger partial charge in [0.15, 0.2) is 0 Å². The van der Waals surface area contributed by atoms with Gasteiger partial charge in [0, 0.05) is 12.8 Å². The molecule has 1 atom stereocenters. The first kappa shape index (κ1) is 15.7. The Hall–Kier alpha value is -0.330. The first-order valence-corrected chi connectivity index (χ1v) is 7.22. The predicted molar refractivity (Wildman–Crippen MR) is 71.7 cm³/mol. The number of hydrogen-bond acceptors (Lipinski definition) is 1. The van der Waals surface area contributed by atoms with E-state index >= 15 is 0 Å². The van der Waals surface area contributed by atoms with Gasteiger partial charge < -0.3 is 0 Å². The number of unbranched alkanes of at least 4 members (excludes halogenated alkanes) is 6. The first-order valence-electron chi connectivity index (χ1n) is 7.22. The molecule has 0 saturated heterocycles. The van der Waals surface area contributed by atoms with Crippen LogP contribution < -0.4 is 0 Å². The molecule has 0 rings (SSSR count). The van der Waals surface area contributed by atoms with Crippen LogP contribution in [0.25, 0.3) is 0 Å². The number of Topliss-reactive ketones (excluding diaryl/α,β-unsaturated/α-hetero) is 1. The number of rotatable bonds is 11. The van der Waals surface area contributed by atoms with Gasteiger partial charge in [0.1, 0.15) is 5.78 Å². The molecule has 0 aromatic heterocycles. The summed E-state index contributed by atoms with van der Waals surface area (Å²) in [5, 5.41) is 0. The van der Waals surface area contributed by atoms with Crippen molar-refractivity contribution in [2.45, 2.75) is 85.0 Å². The molecule has 0 spiro atoms. The van der Waals surface area contributed by atoms with Crippen molar-refractivity contribution in [2.24, 2.45) is 5.92 Å². The lowest BCUT2D eigenvalue weighted by molar-refractivity contribution is -0.120. The third-order valence-electron chi connectivity index (χ3n) is 3.33. The number of carbonyl (C=O) groups excluding carboxylic acids is 1. The quantitative estimate of drug-likeness (QED) is 0.446. The van der Waals surface area contributed by atoms with E-state index in [0.29, 0.717) is 11.7 Å². The van der Waals surface area contributed by atoms with Crippen LogP contribution in [0.4, 0.5) is 0 Å². The van der Waals surface area contributed by atoms with Crippen molar-refractivity contribution in [3.05, 3.63) is 0 Å². The van der Waals surface area contributed by atoms with Gasteiger partial charge >= 0.3 is 0 Å². The van der Waals surface area contributed by atoms with Gasteiger partial charge in [0.2, 0.25) is 0 Å². The summed E-state index contributed by atoms with van der Waals surface area (Å²) in [7, 11) is 0. The third kappa shape index (κ3) is 10.2. The molecule has 0 aromatic rings. The molecule has 0 amide bonds.